The molecule has 0 saturated heterocycles. The number of ether oxygens (including phenoxy) is 1. The van der Waals surface area contributed by atoms with Gasteiger partial charge in [0.2, 0.25) is 10.0 Å². The molecule has 8 heteroatoms. The first kappa shape index (κ1) is 14.6. The van der Waals surface area contributed by atoms with Gasteiger partial charge in [0.25, 0.3) is 0 Å². The van der Waals surface area contributed by atoms with Crippen molar-refractivity contribution in [2.45, 2.75) is 23.6 Å². The summed E-state index contributed by atoms with van der Waals surface area (Å²) in [5.74, 6) is 0. The van der Waals surface area contributed by atoms with Gasteiger partial charge in [-0.05, 0) is 13.8 Å². The average molecular weight is 326 g/mol. The summed E-state index contributed by atoms with van der Waals surface area (Å²) in [6.07, 6.45) is 0. The van der Waals surface area contributed by atoms with Crippen LogP contribution in [0.2, 0.25) is 0 Å². The van der Waals surface area contributed by atoms with Crippen LogP contribution in [0.1, 0.15) is 11.4 Å². The Kier molecular flexibility index (Phi) is 5.11. The normalized spacial score (nSPS) is 13.9. The molecule has 1 heterocycles. The Morgan fingerprint density at radius 2 is 2.18 bits per heavy atom. The number of hydrogen-bond donors (Lipinski definition) is 2. The lowest BCUT2D eigenvalue weighted by Crippen LogP contribution is -2.32. The van der Waals surface area contributed by atoms with Crippen LogP contribution < -0.4 is 4.72 Å². The molecule has 6 nitrogen and oxygen atoms in total. The van der Waals surface area contributed by atoms with Gasteiger partial charge in [-0.15, -0.1) is 0 Å². The number of alkyl halides is 1. The van der Waals surface area contributed by atoms with Gasteiger partial charge >= 0.3 is 0 Å². The molecule has 0 bridgehead atoms. The third kappa shape index (κ3) is 3.77. The number of hydrogen-bond acceptors (Lipinski definition) is 4. The van der Waals surface area contributed by atoms with Crippen molar-refractivity contribution in [3.63, 3.8) is 0 Å². The minimum absolute atomic E-state index is 0.0604. The molecule has 1 aromatic heterocycles. The molecule has 2 N–H and O–H groups in total. The average Bonchev–Trinajstić information content (AvgIpc) is 2.57. The van der Waals surface area contributed by atoms with E-state index < -0.39 is 10.0 Å². The number of aryl methyl sites for hydroxylation is 2. The van der Waals surface area contributed by atoms with Gasteiger partial charge in [-0.2, -0.15) is 5.10 Å². The second-order valence-electron chi connectivity index (χ2n) is 3.67. The molecule has 1 unspecified atom stereocenters. The van der Waals surface area contributed by atoms with Crippen molar-refractivity contribution in [3.05, 3.63) is 11.4 Å². The van der Waals surface area contributed by atoms with Crippen molar-refractivity contribution in [1.82, 2.24) is 14.9 Å². The van der Waals surface area contributed by atoms with Crippen LogP contribution >= 0.6 is 15.9 Å². The van der Waals surface area contributed by atoms with E-state index in [0.29, 0.717) is 18.0 Å². The number of halogens is 1. The SMILES string of the molecule is COCC(Br)CNS(=O)(=O)c1c(C)n[nH]c1C. The van der Waals surface area contributed by atoms with Crippen molar-refractivity contribution in [1.29, 1.82) is 0 Å². The number of nitrogens with zero attached hydrogens (tertiary/aromatic N) is 1. The molecule has 0 aliphatic carbocycles. The number of methoxy groups -OCH3 is 1. The van der Waals surface area contributed by atoms with E-state index in [4.69, 9.17) is 4.74 Å². The van der Waals surface area contributed by atoms with E-state index in [2.05, 4.69) is 30.8 Å². The van der Waals surface area contributed by atoms with Crippen LogP contribution in [0, 0.1) is 13.8 Å². The Labute approximate surface area is 109 Å². The van der Waals surface area contributed by atoms with Gasteiger partial charge in [-0.25, -0.2) is 13.1 Å². The summed E-state index contributed by atoms with van der Waals surface area (Å²) in [5.41, 5.74) is 1.00. The van der Waals surface area contributed by atoms with Crippen molar-refractivity contribution in [3.8, 4) is 0 Å². The maximum absolute atomic E-state index is 12.0. The van der Waals surface area contributed by atoms with Gasteiger partial charge in [-0.3, -0.25) is 5.10 Å². The predicted molar refractivity (Wildman–Crippen MR) is 67.8 cm³/mol. The molecule has 0 aliphatic rings. The van der Waals surface area contributed by atoms with Crippen LogP contribution in [-0.4, -0.2) is 43.7 Å². The molecule has 98 valence electrons. The minimum atomic E-state index is -3.52. The summed E-state index contributed by atoms with van der Waals surface area (Å²) >= 11 is 3.32. The molecular formula is C9H16BrN3O3S. The fourth-order valence-corrected chi connectivity index (χ4v) is 3.54. The predicted octanol–water partition coefficient (Wildman–Crippen LogP) is 0.715. The smallest absolute Gasteiger partial charge is 0.244 e. The first-order valence-corrected chi connectivity index (χ1v) is 7.42. The third-order valence-corrected chi connectivity index (χ3v) is 4.45. The Morgan fingerprint density at radius 1 is 1.53 bits per heavy atom. The molecule has 1 aromatic rings. The Hall–Kier alpha value is -0.440. The molecule has 0 spiro atoms. The van der Waals surface area contributed by atoms with E-state index in [1.54, 1.807) is 21.0 Å². The van der Waals surface area contributed by atoms with Crippen molar-refractivity contribution in [2.24, 2.45) is 0 Å². The number of rotatable bonds is 6. The van der Waals surface area contributed by atoms with Gasteiger partial charge in [0.1, 0.15) is 4.90 Å². The van der Waals surface area contributed by atoms with E-state index in [0.717, 1.165) is 0 Å². The van der Waals surface area contributed by atoms with Gasteiger partial charge in [-0.1, -0.05) is 15.9 Å². The standard InChI is InChI=1S/C9H16BrN3O3S/c1-6-9(7(2)13-12-6)17(14,15)11-4-8(10)5-16-3/h8,11H,4-5H2,1-3H3,(H,12,13). The van der Waals surface area contributed by atoms with Crippen LogP contribution in [0.4, 0.5) is 0 Å². The first-order chi connectivity index (χ1) is 7.88. The molecule has 0 amide bonds. The van der Waals surface area contributed by atoms with Gasteiger partial charge in [0.05, 0.1) is 22.8 Å². The second-order valence-corrected chi connectivity index (χ2v) is 6.67. The Balaban J connectivity index is 2.76. The summed E-state index contributed by atoms with van der Waals surface area (Å²) in [6, 6.07) is 0. The zero-order valence-electron chi connectivity index (χ0n) is 9.95. The maximum Gasteiger partial charge on any atom is 0.244 e. The minimum Gasteiger partial charge on any atom is -0.383 e. The van der Waals surface area contributed by atoms with Gasteiger partial charge < -0.3 is 4.74 Å². The quantitative estimate of drug-likeness (QED) is 0.755. The van der Waals surface area contributed by atoms with Crippen molar-refractivity contribution in [2.75, 3.05) is 20.3 Å². The molecule has 0 aromatic carbocycles. The zero-order valence-corrected chi connectivity index (χ0v) is 12.4. The topological polar surface area (TPSA) is 84.1 Å². The zero-order chi connectivity index (χ0) is 13.1. The molecule has 0 fully saturated rings. The highest BCUT2D eigenvalue weighted by Gasteiger charge is 2.22. The van der Waals surface area contributed by atoms with E-state index in [-0.39, 0.29) is 16.3 Å². The lowest BCUT2D eigenvalue weighted by Gasteiger charge is -2.10. The first-order valence-electron chi connectivity index (χ1n) is 5.02. The van der Waals surface area contributed by atoms with E-state index >= 15 is 0 Å². The highest BCUT2D eigenvalue weighted by atomic mass is 79.9. The van der Waals surface area contributed by atoms with Gasteiger partial charge in [0, 0.05) is 13.7 Å². The number of sulfonamides is 1. The molecule has 1 atom stereocenters. The summed E-state index contributed by atoms with van der Waals surface area (Å²) < 4.78 is 31.4. The van der Waals surface area contributed by atoms with Crippen LogP contribution in [0.3, 0.4) is 0 Å². The monoisotopic (exact) mass is 325 g/mol. The maximum atomic E-state index is 12.0. The lowest BCUT2D eigenvalue weighted by atomic mass is 10.4. The van der Waals surface area contributed by atoms with E-state index in [1.165, 1.54) is 0 Å². The lowest BCUT2D eigenvalue weighted by molar-refractivity contribution is 0.201. The van der Waals surface area contributed by atoms with Crippen LogP contribution in [0.15, 0.2) is 4.90 Å². The number of aromatic amines is 1. The molecule has 0 radical (unpaired) electrons. The molecular weight excluding hydrogens is 310 g/mol. The largest absolute Gasteiger partial charge is 0.383 e. The second kappa shape index (κ2) is 5.94. The summed E-state index contributed by atoms with van der Waals surface area (Å²) in [7, 11) is -1.96. The fraction of sp³-hybridized carbons (Fsp3) is 0.667. The third-order valence-electron chi connectivity index (χ3n) is 2.17. The molecule has 17 heavy (non-hydrogen) atoms. The van der Waals surface area contributed by atoms with E-state index in [1.807, 2.05) is 0 Å². The molecule has 0 aliphatic heterocycles. The fourth-order valence-electron chi connectivity index (χ4n) is 1.45. The Morgan fingerprint density at radius 3 is 2.65 bits per heavy atom. The van der Waals surface area contributed by atoms with Crippen LogP contribution in [0.5, 0.6) is 0 Å². The summed E-state index contributed by atoms with van der Waals surface area (Å²) in [4.78, 5) is 0.157. The highest BCUT2D eigenvalue weighted by molar-refractivity contribution is 9.09. The summed E-state index contributed by atoms with van der Waals surface area (Å²) in [5, 5.41) is 6.52. The summed E-state index contributed by atoms with van der Waals surface area (Å²) in [6.45, 7) is 4.03. The van der Waals surface area contributed by atoms with Crippen LogP contribution in [0.25, 0.3) is 0 Å². The van der Waals surface area contributed by atoms with Gasteiger partial charge in [0.15, 0.2) is 0 Å². The van der Waals surface area contributed by atoms with Crippen molar-refractivity contribution >= 4 is 26.0 Å². The molecule has 0 saturated carbocycles. The number of nitrogens with one attached hydrogen (secondary N) is 2. The Bertz CT molecular complexity index is 452. The van der Waals surface area contributed by atoms with Crippen LogP contribution in [-0.2, 0) is 14.8 Å². The van der Waals surface area contributed by atoms with Crippen molar-refractivity contribution < 1.29 is 13.2 Å². The molecule has 1 rings (SSSR count). The number of aromatic nitrogens is 2. The number of H-pyrrole nitrogens is 1. The van der Waals surface area contributed by atoms with E-state index in [9.17, 15) is 8.42 Å². The highest BCUT2D eigenvalue weighted by Crippen LogP contribution is 2.16.